The van der Waals surface area contributed by atoms with Gasteiger partial charge in [0.25, 0.3) is 0 Å². The number of allylic oxidation sites excluding steroid dienone is 2. The number of rotatable bonds is 5. The predicted molar refractivity (Wildman–Crippen MR) is 66.0 cm³/mol. The molecule has 2 fully saturated rings. The second-order valence-corrected chi connectivity index (χ2v) is 6.01. The molecule has 2 saturated carbocycles. The fourth-order valence-corrected chi connectivity index (χ4v) is 2.31. The van der Waals surface area contributed by atoms with Gasteiger partial charge in [-0.25, -0.2) is 0 Å². The summed E-state index contributed by atoms with van der Waals surface area (Å²) in [6, 6.07) is 0.509. The standard InChI is InChI=1S/C14H23NO/c1-10(2)5-4-8-14(3)9-12(14)13(16)15-11-6-7-11/h5,11-12H,4,6-9H2,1-3H3,(H,15,16). The Hall–Kier alpha value is -0.790. The summed E-state index contributed by atoms with van der Waals surface area (Å²) in [4.78, 5) is 11.8. The highest BCUT2D eigenvalue weighted by atomic mass is 16.2. The molecule has 2 aliphatic carbocycles. The molecule has 90 valence electrons. The summed E-state index contributed by atoms with van der Waals surface area (Å²) in [5.41, 5.74) is 1.66. The summed E-state index contributed by atoms with van der Waals surface area (Å²) < 4.78 is 0. The summed E-state index contributed by atoms with van der Waals surface area (Å²) in [5.74, 6) is 0.598. The lowest BCUT2D eigenvalue weighted by Crippen LogP contribution is -2.28. The van der Waals surface area contributed by atoms with Crippen LogP contribution in [0, 0.1) is 11.3 Å². The van der Waals surface area contributed by atoms with Crippen LogP contribution in [-0.4, -0.2) is 11.9 Å². The van der Waals surface area contributed by atoms with Gasteiger partial charge in [0.1, 0.15) is 0 Å². The van der Waals surface area contributed by atoms with Gasteiger partial charge in [0.15, 0.2) is 0 Å². The number of hydrogen-bond donors (Lipinski definition) is 1. The quantitative estimate of drug-likeness (QED) is 0.710. The van der Waals surface area contributed by atoms with Gasteiger partial charge in [-0.3, -0.25) is 4.79 Å². The molecular weight excluding hydrogens is 198 g/mol. The Kier molecular flexibility index (Phi) is 3.09. The predicted octanol–water partition coefficient (Wildman–Crippen LogP) is 3.04. The molecule has 0 heterocycles. The van der Waals surface area contributed by atoms with Crippen LogP contribution in [0.2, 0.25) is 0 Å². The maximum absolute atomic E-state index is 11.8. The first-order chi connectivity index (χ1) is 7.51. The van der Waals surface area contributed by atoms with Crippen LogP contribution in [0.4, 0.5) is 0 Å². The molecule has 1 N–H and O–H groups in total. The van der Waals surface area contributed by atoms with Crippen LogP contribution < -0.4 is 5.32 Å². The lowest BCUT2D eigenvalue weighted by atomic mass is 9.98. The van der Waals surface area contributed by atoms with Crippen LogP contribution >= 0.6 is 0 Å². The van der Waals surface area contributed by atoms with E-state index in [9.17, 15) is 4.79 Å². The summed E-state index contributed by atoms with van der Waals surface area (Å²) in [6.07, 6.45) is 8.01. The number of amides is 1. The third-order valence-electron chi connectivity index (χ3n) is 3.86. The monoisotopic (exact) mass is 221 g/mol. The van der Waals surface area contributed by atoms with E-state index in [0.29, 0.717) is 17.9 Å². The second kappa shape index (κ2) is 4.23. The van der Waals surface area contributed by atoms with E-state index in [4.69, 9.17) is 0 Å². The average Bonchev–Trinajstić information content (AvgIpc) is 3.04. The highest BCUT2D eigenvalue weighted by molar-refractivity contribution is 5.83. The molecule has 2 nitrogen and oxygen atoms in total. The van der Waals surface area contributed by atoms with Crippen molar-refractivity contribution in [1.29, 1.82) is 0 Å². The van der Waals surface area contributed by atoms with Gasteiger partial charge >= 0.3 is 0 Å². The molecule has 0 aromatic carbocycles. The van der Waals surface area contributed by atoms with Crippen molar-refractivity contribution in [1.82, 2.24) is 5.32 Å². The highest BCUT2D eigenvalue weighted by Crippen LogP contribution is 2.55. The summed E-state index contributed by atoms with van der Waals surface area (Å²) in [7, 11) is 0. The molecule has 2 unspecified atom stereocenters. The number of nitrogens with one attached hydrogen (secondary N) is 1. The Bertz CT molecular complexity index is 313. The van der Waals surface area contributed by atoms with Crippen LogP contribution in [0.25, 0.3) is 0 Å². The fraction of sp³-hybridized carbons (Fsp3) is 0.786. The zero-order valence-electron chi connectivity index (χ0n) is 10.7. The van der Waals surface area contributed by atoms with Crippen molar-refractivity contribution in [3.8, 4) is 0 Å². The van der Waals surface area contributed by atoms with E-state index in [1.165, 1.54) is 18.4 Å². The van der Waals surface area contributed by atoms with E-state index in [-0.39, 0.29) is 5.41 Å². The minimum absolute atomic E-state index is 0.283. The molecule has 0 saturated heterocycles. The maximum Gasteiger partial charge on any atom is 0.223 e. The molecule has 0 aromatic rings. The zero-order chi connectivity index (χ0) is 11.8. The first kappa shape index (κ1) is 11.7. The van der Waals surface area contributed by atoms with Crippen LogP contribution in [-0.2, 0) is 4.79 Å². The SMILES string of the molecule is CC(C)=CCCC1(C)CC1C(=O)NC1CC1. The van der Waals surface area contributed by atoms with Crippen LogP contribution in [0.15, 0.2) is 11.6 Å². The Balaban J connectivity index is 1.74. The van der Waals surface area contributed by atoms with Crippen LogP contribution in [0.3, 0.4) is 0 Å². The van der Waals surface area contributed by atoms with Crippen molar-refractivity contribution in [3.05, 3.63) is 11.6 Å². The third-order valence-corrected chi connectivity index (χ3v) is 3.86. The lowest BCUT2D eigenvalue weighted by molar-refractivity contribution is -0.123. The molecule has 0 spiro atoms. The van der Waals surface area contributed by atoms with E-state index in [1.54, 1.807) is 0 Å². The van der Waals surface area contributed by atoms with Gasteiger partial charge in [-0.2, -0.15) is 0 Å². The van der Waals surface area contributed by atoms with Gasteiger partial charge in [-0.1, -0.05) is 18.6 Å². The van der Waals surface area contributed by atoms with Crippen LogP contribution in [0.5, 0.6) is 0 Å². The van der Waals surface area contributed by atoms with E-state index in [0.717, 1.165) is 19.3 Å². The maximum atomic E-state index is 11.8. The smallest absolute Gasteiger partial charge is 0.223 e. The second-order valence-electron chi connectivity index (χ2n) is 6.01. The Morgan fingerprint density at radius 2 is 2.12 bits per heavy atom. The first-order valence-electron chi connectivity index (χ1n) is 6.45. The molecule has 1 amide bonds. The van der Waals surface area contributed by atoms with E-state index >= 15 is 0 Å². The summed E-state index contributed by atoms with van der Waals surface area (Å²) >= 11 is 0. The zero-order valence-corrected chi connectivity index (χ0v) is 10.7. The number of carbonyl (C=O) groups excluding carboxylic acids is 1. The van der Waals surface area contributed by atoms with Crippen molar-refractivity contribution >= 4 is 5.91 Å². The Labute approximate surface area is 98.5 Å². The van der Waals surface area contributed by atoms with Gasteiger partial charge in [0.05, 0.1) is 0 Å². The van der Waals surface area contributed by atoms with Gasteiger partial charge in [-0.15, -0.1) is 0 Å². The normalized spacial score (nSPS) is 32.1. The molecular formula is C14H23NO. The van der Waals surface area contributed by atoms with Crippen molar-refractivity contribution in [2.45, 2.75) is 58.9 Å². The third kappa shape index (κ3) is 2.87. The molecule has 0 aromatic heterocycles. The summed E-state index contributed by atoms with van der Waals surface area (Å²) in [6.45, 7) is 6.52. The van der Waals surface area contributed by atoms with E-state index < -0.39 is 0 Å². The van der Waals surface area contributed by atoms with Gasteiger partial charge in [-0.05, 0) is 51.4 Å². The minimum atomic E-state index is 0.283. The van der Waals surface area contributed by atoms with Gasteiger partial charge in [0, 0.05) is 12.0 Å². The minimum Gasteiger partial charge on any atom is -0.353 e. The molecule has 2 heteroatoms. The van der Waals surface area contributed by atoms with Crippen molar-refractivity contribution in [2.75, 3.05) is 0 Å². The van der Waals surface area contributed by atoms with Gasteiger partial charge < -0.3 is 5.32 Å². The molecule has 0 aliphatic heterocycles. The van der Waals surface area contributed by atoms with Crippen molar-refractivity contribution in [2.24, 2.45) is 11.3 Å². The molecule has 2 aliphatic rings. The molecule has 2 atom stereocenters. The van der Waals surface area contributed by atoms with Crippen LogP contribution in [0.1, 0.15) is 52.9 Å². The Morgan fingerprint density at radius 3 is 2.69 bits per heavy atom. The summed E-state index contributed by atoms with van der Waals surface area (Å²) in [5, 5.41) is 3.12. The molecule has 2 rings (SSSR count). The molecule has 0 radical (unpaired) electrons. The van der Waals surface area contributed by atoms with E-state index in [1.807, 2.05) is 0 Å². The van der Waals surface area contributed by atoms with Crippen molar-refractivity contribution < 1.29 is 4.79 Å². The molecule has 0 bridgehead atoms. The largest absolute Gasteiger partial charge is 0.353 e. The number of carbonyl (C=O) groups is 1. The lowest BCUT2D eigenvalue weighted by Gasteiger charge is -2.09. The Morgan fingerprint density at radius 1 is 1.44 bits per heavy atom. The van der Waals surface area contributed by atoms with E-state index in [2.05, 4.69) is 32.2 Å². The first-order valence-corrected chi connectivity index (χ1v) is 6.45. The fourth-order valence-electron chi connectivity index (χ4n) is 2.31. The highest BCUT2D eigenvalue weighted by Gasteiger charge is 2.54. The van der Waals surface area contributed by atoms with Gasteiger partial charge in [0.2, 0.25) is 5.91 Å². The number of hydrogen-bond acceptors (Lipinski definition) is 1. The van der Waals surface area contributed by atoms with Crippen molar-refractivity contribution in [3.63, 3.8) is 0 Å². The topological polar surface area (TPSA) is 29.1 Å². The average molecular weight is 221 g/mol. The molecule has 16 heavy (non-hydrogen) atoms.